The maximum Gasteiger partial charge on any atom is 0.404 e. The van der Waals surface area contributed by atoms with Gasteiger partial charge in [-0.05, 0) is 90.7 Å². The zero-order chi connectivity index (χ0) is 25.5. The topological polar surface area (TPSA) is 75.6 Å². The largest absolute Gasteiger partial charge is 0.465 e. The molecule has 3 rings (SSSR count). The highest BCUT2D eigenvalue weighted by molar-refractivity contribution is 6.74. The van der Waals surface area contributed by atoms with E-state index in [1.54, 1.807) is 0 Å². The fraction of sp³-hybridized carbons (Fsp3) is 0.929. The Kier molecular flexibility index (Phi) is 8.05. The molecule has 0 bridgehead atoms. The molecule has 0 aromatic rings. The average Bonchev–Trinajstić information content (AvgIpc) is 3.08. The van der Waals surface area contributed by atoms with Crippen LogP contribution in [0.15, 0.2) is 0 Å². The van der Waals surface area contributed by atoms with E-state index in [1.807, 2.05) is 0 Å². The average molecular weight is 494 g/mol. The molecule has 34 heavy (non-hydrogen) atoms. The Bertz CT molecular complexity index is 762. The zero-order valence-electron chi connectivity index (χ0n) is 23.1. The van der Waals surface area contributed by atoms with Crippen molar-refractivity contribution in [3.8, 4) is 0 Å². The van der Waals surface area contributed by atoms with Crippen LogP contribution in [0.5, 0.6) is 0 Å². The summed E-state index contributed by atoms with van der Waals surface area (Å²) in [4.78, 5) is 24.2. The summed E-state index contributed by atoms with van der Waals surface area (Å²) in [5, 5.41) is 12.4. The molecule has 0 aromatic heterocycles. The highest BCUT2D eigenvalue weighted by atomic mass is 28.4. The van der Waals surface area contributed by atoms with E-state index < -0.39 is 14.4 Å². The summed E-state index contributed by atoms with van der Waals surface area (Å²) in [6.45, 7) is 19.8. The van der Waals surface area contributed by atoms with E-state index >= 15 is 0 Å². The van der Waals surface area contributed by atoms with Gasteiger partial charge >= 0.3 is 6.09 Å². The van der Waals surface area contributed by atoms with Crippen LogP contribution in [0.1, 0.15) is 92.9 Å². The predicted octanol–water partition coefficient (Wildman–Crippen LogP) is 7.12. The summed E-state index contributed by atoms with van der Waals surface area (Å²) in [6.07, 6.45) is 7.30. The van der Waals surface area contributed by atoms with Crippen LogP contribution in [0.4, 0.5) is 4.79 Å². The number of rotatable bonds is 7. The highest BCUT2D eigenvalue weighted by Gasteiger charge is 2.58. The second-order valence-corrected chi connectivity index (χ2v) is 18.6. The molecular weight excluding hydrogens is 442 g/mol. The molecule has 3 fully saturated rings. The van der Waals surface area contributed by atoms with Gasteiger partial charge in [0.1, 0.15) is 5.78 Å². The lowest BCUT2D eigenvalue weighted by Crippen LogP contribution is -2.54. The third-order valence-corrected chi connectivity index (χ3v) is 15.8. The van der Waals surface area contributed by atoms with E-state index in [4.69, 9.17) is 4.43 Å². The minimum Gasteiger partial charge on any atom is -0.465 e. The van der Waals surface area contributed by atoms with Gasteiger partial charge in [0, 0.05) is 26.0 Å². The van der Waals surface area contributed by atoms with Crippen LogP contribution in [-0.2, 0) is 9.22 Å². The van der Waals surface area contributed by atoms with Crippen LogP contribution in [-0.4, -0.2) is 38.5 Å². The molecule has 0 radical (unpaired) electrons. The van der Waals surface area contributed by atoms with Crippen molar-refractivity contribution in [2.45, 2.75) is 111 Å². The monoisotopic (exact) mass is 493 g/mol. The first-order valence-electron chi connectivity index (χ1n) is 13.8. The molecule has 196 valence electrons. The van der Waals surface area contributed by atoms with Crippen LogP contribution in [0.3, 0.4) is 0 Å². The number of nitrogens with one attached hydrogen (secondary N) is 1. The van der Waals surface area contributed by atoms with Crippen LogP contribution in [0.2, 0.25) is 18.1 Å². The minimum atomic E-state index is -1.92. The number of amides is 1. The molecule has 5 nitrogen and oxygen atoms in total. The predicted molar refractivity (Wildman–Crippen MR) is 140 cm³/mol. The second-order valence-electron chi connectivity index (χ2n) is 13.8. The van der Waals surface area contributed by atoms with Crippen molar-refractivity contribution in [1.29, 1.82) is 0 Å². The van der Waals surface area contributed by atoms with Crippen molar-refractivity contribution in [2.75, 3.05) is 13.2 Å². The van der Waals surface area contributed by atoms with Crippen molar-refractivity contribution in [3.05, 3.63) is 0 Å². The van der Waals surface area contributed by atoms with E-state index in [1.165, 1.54) is 25.7 Å². The Hall–Kier alpha value is -0.883. The number of hydrogen-bond acceptors (Lipinski definition) is 3. The molecule has 1 amide bonds. The first-order chi connectivity index (χ1) is 15.7. The summed E-state index contributed by atoms with van der Waals surface area (Å²) in [5.41, 5.74) is 0.316. The maximum atomic E-state index is 12.6. The van der Waals surface area contributed by atoms with Gasteiger partial charge in [0.05, 0.1) is 0 Å². The summed E-state index contributed by atoms with van der Waals surface area (Å²) >= 11 is 0. The van der Waals surface area contributed by atoms with Crippen molar-refractivity contribution in [1.82, 2.24) is 5.32 Å². The molecule has 3 saturated carbocycles. The lowest BCUT2D eigenvalue weighted by Gasteiger charge is -2.57. The van der Waals surface area contributed by atoms with Gasteiger partial charge in [0.25, 0.3) is 0 Å². The first-order valence-corrected chi connectivity index (χ1v) is 16.7. The van der Waals surface area contributed by atoms with Gasteiger partial charge in [-0.25, -0.2) is 4.79 Å². The van der Waals surface area contributed by atoms with E-state index in [9.17, 15) is 14.7 Å². The van der Waals surface area contributed by atoms with Gasteiger partial charge in [-0.15, -0.1) is 0 Å². The summed E-state index contributed by atoms with van der Waals surface area (Å²) in [6, 6.07) is 0. The van der Waals surface area contributed by atoms with Gasteiger partial charge in [-0.1, -0.05) is 48.0 Å². The maximum absolute atomic E-state index is 12.6. The lowest BCUT2D eigenvalue weighted by atomic mass is 9.49. The van der Waals surface area contributed by atoms with E-state index in [-0.39, 0.29) is 16.4 Å². The van der Waals surface area contributed by atoms with Gasteiger partial charge in [0.15, 0.2) is 8.32 Å². The summed E-state index contributed by atoms with van der Waals surface area (Å²) in [7, 11) is -1.92. The number of Topliss-reactive ketones (excluding diaryl/α,β-unsaturated/α-hetero) is 1. The van der Waals surface area contributed by atoms with E-state index in [0.717, 1.165) is 18.8 Å². The van der Waals surface area contributed by atoms with E-state index in [2.05, 4.69) is 60.0 Å². The van der Waals surface area contributed by atoms with E-state index in [0.29, 0.717) is 54.9 Å². The quantitative estimate of drug-likeness (QED) is 0.370. The van der Waals surface area contributed by atoms with Crippen molar-refractivity contribution in [2.24, 2.45) is 40.4 Å². The zero-order valence-corrected chi connectivity index (χ0v) is 24.1. The van der Waals surface area contributed by atoms with Crippen molar-refractivity contribution < 1.29 is 19.1 Å². The molecule has 2 N–H and O–H groups in total. The van der Waals surface area contributed by atoms with Crippen LogP contribution in [0.25, 0.3) is 0 Å². The fourth-order valence-corrected chi connectivity index (χ4v) is 8.91. The molecule has 0 aromatic carbocycles. The number of hydrogen-bond donors (Lipinski definition) is 2. The Morgan fingerprint density at radius 2 is 1.71 bits per heavy atom. The second kappa shape index (κ2) is 9.88. The number of fused-ring (bicyclic) bond motifs is 1. The van der Waals surface area contributed by atoms with Crippen LogP contribution >= 0.6 is 0 Å². The van der Waals surface area contributed by atoms with Crippen LogP contribution < -0.4 is 5.32 Å². The number of carbonyl (C=O) groups excluding carboxylic acids is 1. The molecule has 0 unspecified atom stereocenters. The van der Waals surface area contributed by atoms with Gasteiger partial charge < -0.3 is 14.8 Å². The third kappa shape index (κ3) is 5.14. The van der Waals surface area contributed by atoms with Crippen LogP contribution in [0, 0.1) is 40.4 Å². The van der Waals surface area contributed by atoms with Crippen molar-refractivity contribution in [3.63, 3.8) is 0 Å². The number of carbonyl (C=O) groups is 2. The standard InChI is InChI=1S/C28H51NO4Si/c1-9-19-10-11-23-22(17-29-25(31)32)24(13-15-27(19,23)5)28(6)14-12-21(30)16-20(28)18-33-34(7,8)26(2,3)4/h19-20,22-24,29H,9-18H2,1-8H3,(H,31,32)/t19-,20+,22-,23-,24-,27+,28-/m0/s1. The molecular formula is C28H51NO4Si. The Labute approximate surface area is 209 Å². The molecule has 0 heterocycles. The normalized spacial score (nSPS) is 39.1. The lowest BCUT2D eigenvalue weighted by molar-refractivity contribution is -0.132. The Morgan fingerprint density at radius 3 is 2.29 bits per heavy atom. The highest BCUT2D eigenvalue weighted by Crippen LogP contribution is 2.64. The van der Waals surface area contributed by atoms with Crippen molar-refractivity contribution >= 4 is 20.2 Å². The smallest absolute Gasteiger partial charge is 0.404 e. The molecule has 0 aliphatic heterocycles. The van der Waals surface area contributed by atoms with Gasteiger partial charge in [0.2, 0.25) is 0 Å². The van der Waals surface area contributed by atoms with Gasteiger partial charge in [-0.3, -0.25) is 4.79 Å². The first kappa shape index (κ1) is 27.7. The minimum absolute atomic E-state index is 0.00670. The molecule has 3 aliphatic carbocycles. The Morgan fingerprint density at radius 1 is 1.09 bits per heavy atom. The molecule has 0 spiro atoms. The molecule has 6 heteroatoms. The summed E-state index contributed by atoms with van der Waals surface area (Å²) in [5.74, 6) is 2.64. The molecule has 3 aliphatic rings. The molecule has 0 saturated heterocycles. The van der Waals surface area contributed by atoms with Gasteiger partial charge in [-0.2, -0.15) is 0 Å². The third-order valence-electron chi connectivity index (χ3n) is 11.3. The fourth-order valence-electron chi connectivity index (χ4n) is 7.86. The number of carboxylic acid groups (broad SMARTS) is 1. The summed E-state index contributed by atoms with van der Waals surface area (Å²) < 4.78 is 6.72. The molecule has 7 atom stereocenters. The SMILES string of the molecule is CC[C@H]1CC[C@H]2[C@H](CNC(=O)O)[C@@H]([C@@]3(C)CCC(=O)C[C@@H]3CO[Si](C)(C)C(C)(C)C)CC[C@]12C. The number of ketones is 1. The Balaban J connectivity index is 1.90.